The minimum atomic E-state index is -0.393. The SMILES string of the molecule is CC(C)(C)c1nnc2n(c1=O)NC(c1ccc(F)cc1)=CS2. The van der Waals surface area contributed by atoms with E-state index in [2.05, 4.69) is 15.6 Å². The van der Waals surface area contributed by atoms with Gasteiger partial charge in [0.05, 0.1) is 5.70 Å². The van der Waals surface area contributed by atoms with E-state index in [9.17, 15) is 9.18 Å². The van der Waals surface area contributed by atoms with Crippen molar-refractivity contribution in [2.24, 2.45) is 0 Å². The lowest BCUT2D eigenvalue weighted by atomic mass is 9.93. The van der Waals surface area contributed by atoms with E-state index >= 15 is 0 Å². The third-order valence-electron chi connectivity index (χ3n) is 3.21. The first-order valence-electron chi connectivity index (χ1n) is 6.76. The molecule has 0 aliphatic carbocycles. The first-order valence-corrected chi connectivity index (χ1v) is 7.64. The maximum absolute atomic E-state index is 13.0. The molecule has 1 aromatic heterocycles. The highest BCUT2D eigenvalue weighted by molar-refractivity contribution is 8.02. The van der Waals surface area contributed by atoms with Gasteiger partial charge >= 0.3 is 0 Å². The van der Waals surface area contributed by atoms with Gasteiger partial charge in [0.1, 0.15) is 11.5 Å². The molecule has 0 fully saturated rings. The van der Waals surface area contributed by atoms with E-state index in [0.29, 0.717) is 16.5 Å². The highest BCUT2D eigenvalue weighted by Gasteiger charge is 2.25. The molecule has 1 aliphatic rings. The summed E-state index contributed by atoms with van der Waals surface area (Å²) in [5, 5.41) is 10.4. The molecule has 0 atom stereocenters. The summed E-state index contributed by atoms with van der Waals surface area (Å²) in [5.74, 6) is -0.300. The Labute approximate surface area is 131 Å². The van der Waals surface area contributed by atoms with E-state index < -0.39 is 5.41 Å². The van der Waals surface area contributed by atoms with Crippen molar-refractivity contribution in [2.75, 3.05) is 5.43 Å². The predicted molar refractivity (Wildman–Crippen MR) is 84.6 cm³/mol. The van der Waals surface area contributed by atoms with E-state index in [1.165, 1.54) is 28.6 Å². The molecule has 22 heavy (non-hydrogen) atoms. The Hall–Kier alpha value is -2.15. The quantitative estimate of drug-likeness (QED) is 0.876. The van der Waals surface area contributed by atoms with Gasteiger partial charge in [0.2, 0.25) is 5.16 Å². The van der Waals surface area contributed by atoms with E-state index in [1.807, 2.05) is 26.2 Å². The molecule has 2 aromatic rings. The molecule has 114 valence electrons. The number of benzene rings is 1. The molecule has 0 radical (unpaired) electrons. The van der Waals surface area contributed by atoms with Crippen molar-refractivity contribution in [2.45, 2.75) is 31.3 Å². The Morgan fingerprint density at radius 1 is 1.18 bits per heavy atom. The maximum Gasteiger partial charge on any atom is 0.295 e. The second-order valence-electron chi connectivity index (χ2n) is 5.99. The number of aromatic nitrogens is 3. The number of rotatable bonds is 1. The van der Waals surface area contributed by atoms with Crippen LogP contribution in [0.25, 0.3) is 5.70 Å². The lowest BCUT2D eigenvalue weighted by Crippen LogP contribution is -2.38. The van der Waals surface area contributed by atoms with Gasteiger partial charge in [-0.3, -0.25) is 10.2 Å². The molecule has 3 rings (SSSR count). The molecule has 0 unspecified atom stereocenters. The van der Waals surface area contributed by atoms with Crippen LogP contribution in [0.2, 0.25) is 0 Å². The van der Waals surface area contributed by atoms with Crippen molar-refractivity contribution < 1.29 is 4.39 Å². The minimum Gasteiger partial charge on any atom is -0.288 e. The lowest BCUT2D eigenvalue weighted by Gasteiger charge is -2.23. The first-order chi connectivity index (χ1) is 10.4. The normalized spacial score (nSPS) is 14.1. The van der Waals surface area contributed by atoms with Crippen LogP contribution in [0.15, 0.2) is 39.6 Å². The highest BCUT2D eigenvalue weighted by atomic mass is 32.2. The van der Waals surface area contributed by atoms with Crippen molar-refractivity contribution in [3.05, 3.63) is 57.1 Å². The van der Waals surface area contributed by atoms with Crippen LogP contribution in [-0.2, 0) is 5.41 Å². The van der Waals surface area contributed by atoms with E-state index in [-0.39, 0.29) is 11.4 Å². The van der Waals surface area contributed by atoms with Crippen LogP contribution in [0.1, 0.15) is 32.0 Å². The summed E-state index contributed by atoms with van der Waals surface area (Å²) in [5.41, 5.74) is 4.32. The largest absolute Gasteiger partial charge is 0.295 e. The van der Waals surface area contributed by atoms with Crippen LogP contribution >= 0.6 is 11.8 Å². The second kappa shape index (κ2) is 5.24. The number of hydrogen-bond donors (Lipinski definition) is 1. The summed E-state index contributed by atoms with van der Waals surface area (Å²) in [4.78, 5) is 12.6. The third-order valence-corrected chi connectivity index (χ3v) is 4.04. The average molecular weight is 318 g/mol. The third kappa shape index (κ3) is 2.64. The Bertz CT molecular complexity index is 806. The molecule has 5 nitrogen and oxygen atoms in total. The van der Waals surface area contributed by atoms with Gasteiger partial charge in [-0.15, -0.1) is 10.2 Å². The van der Waals surface area contributed by atoms with Gasteiger partial charge in [-0.1, -0.05) is 32.5 Å². The van der Waals surface area contributed by atoms with E-state index in [4.69, 9.17) is 0 Å². The summed E-state index contributed by atoms with van der Waals surface area (Å²) >= 11 is 1.30. The van der Waals surface area contributed by atoms with Gasteiger partial charge in [0, 0.05) is 16.4 Å². The Kier molecular flexibility index (Phi) is 3.52. The zero-order chi connectivity index (χ0) is 15.9. The van der Waals surface area contributed by atoms with Crippen LogP contribution in [0.3, 0.4) is 0 Å². The smallest absolute Gasteiger partial charge is 0.288 e. The van der Waals surface area contributed by atoms with Crippen molar-refractivity contribution in [3.8, 4) is 0 Å². The monoisotopic (exact) mass is 318 g/mol. The number of nitrogens with zero attached hydrogens (tertiary/aromatic N) is 3. The van der Waals surface area contributed by atoms with Gasteiger partial charge in [-0.05, 0) is 24.3 Å². The molecule has 0 spiro atoms. The molecule has 0 amide bonds. The molecule has 7 heteroatoms. The molecule has 1 aliphatic heterocycles. The van der Waals surface area contributed by atoms with Crippen LogP contribution < -0.4 is 11.0 Å². The molecule has 0 bridgehead atoms. The van der Waals surface area contributed by atoms with Crippen molar-refractivity contribution >= 4 is 17.5 Å². The summed E-state index contributed by atoms with van der Waals surface area (Å²) in [6.07, 6.45) is 0. The Morgan fingerprint density at radius 2 is 1.86 bits per heavy atom. The number of nitrogens with one attached hydrogen (secondary N) is 1. The number of thioether (sulfide) groups is 1. The van der Waals surface area contributed by atoms with Crippen molar-refractivity contribution in [3.63, 3.8) is 0 Å². The Morgan fingerprint density at radius 3 is 2.50 bits per heavy atom. The van der Waals surface area contributed by atoms with Crippen molar-refractivity contribution in [1.82, 2.24) is 14.9 Å². The fourth-order valence-electron chi connectivity index (χ4n) is 2.04. The molecule has 0 saturated heterocycles. The van der Waals surface area contributed by atoms with Gasteiger partial charge in [-0.25, -0.2) is 4.39 Å². The molecule has 1 N–H and O–H groups in total. The van der Waals surface area contributed by atoms with E-state index in [0.717, 1.165) is 5.56 Å². The fourth-order valence-corrected chi connectivity index (χ4v) is 2.77. The van der Waals surface area contributed by atoms with Gasteiger partial charge in [-0.2, -0.15) is 4.68 Å². The summed E-state index contributed by atoms with van der Waals surface area (Å²) in [6.45, 7) is 5.74. The van der Waals surface area contributed by atoms with Gasteiger partial charge in [0.15, 0.2) is 0 Å². The molecule has 0 saturated carbocycles. The molecule has 1 aromatic carbocycles. The van der Waals surface area contributed by atoms with Crippen LogP contribution in [0.5, 0.6) is 0 Å². The fraction of sp³-hybridized carbons (Fsp3) is 0.267. The predicted octanol–water partition coefficient (Wildman–Crippen LogP) is 2.72. The lowest BCUT2D eigenvalue weighted by molar-refractivity contribution is 0.518. The zero-order valence-electron chi connectivity index (χ0n) is 12.4. The van der Waals surface area contributed by atoms with Crippen LogP contribution in [0.4, 0.5) is 4.39 Å². The first kappa shape index (κ1) is 14.8. The molecular formula is C15H15FN4OS. The minimum absolute atomic E-state index is 0.224. The zero-order valence-corrected chi connectivity index (χ0v) is 13.2. The van der Waals surface area contributed by atoms with Crippen LogP contribution in [0, 0.1) is 5.82 Å². The van der Waals surface area contributed by atoms with E-state index in [1.54, 1.807) is 12.1 Å². The van der Waals surface area contributed by atoms with Crippen molar-refractivity contribution in [1.29, 1.82) is 0 Å². The number of fused-ring (bicyclic) bond motifs is 1. The standard InChI is InChI=1S/C15H15FN4OS/c1-15(2,3)12-13(21)20-14(18-17-12)22-8-11(19-20)9-4-6-10(16)7-5-9/h4-8,19H,1-3H3. The topological polar surface area (TPSA) is 59.8 Å². The average Bonchev–Trinajstić information content (AvgIpc) is 2.47. The van der Waals surface area contributed by atoms with Gasteiger partial charge < -0.3 is 0 Å². The second-order valence-corrected chi connectivity index (χ2v) is 6.83. The summed E-state index contributed by atoms with van der Waals surface area (Å²) < 4.78 is 14.4. The molecular weight excluding hydrogens is 303 g/mol. The maximum atomic E-state index is 13.0. The van der Waals surface area contributed by atoms with Gasteiger partial charge in [0.25, 0.3) is 5.56 Å². The van der Waals surface area contributed by atoms with Crippen LogP contribution in [-0.4, -0.2) is 14.9 Å². The molecule has 2 heterocycles. The Balaban J connectivity index is 2.01. The summed E-state index contributed by atoms with van der Waals surface area (Å²) in [7, 11) is 0. The number of halogens is 1. The summed E-state index contributed by atoms with van der Waals surface area (Å²) in [6, 6.07) is 6.08. The number of hydrogen-bond acceptors (Lipinski definition) is 5. The highest BCUT2D eigenvalue weighted by Crippen LogP contribution is 2.27.